The molecule has 4 heteroatoms. The fourth-order valence-corrected chi connectivity index (χ4v) is 1.20. The second-order valence-corrected chi connectivity index (χ2v) is 3.89. The van der Waals surface area contributed by atoms with Crippen LogP contribution in [0.15, 0.2) is 0 Å². The van der Waals surface area contributed by atoms with Gasteiger partial charge >= 0.3 is 0 Å². The van der Waals surface area contributed by atoms with Gasteiger partial charge in [0.1, 0.15) is 5.78 Å². The van der Waals surface area contributed by atoms with Crippen molar-refractivity contribution in [3.8, 4) is 0 Å². The quantitative estimate of drug-likeness (QED) is 0.605. The van der Waals surface area contributed by atoms with Crippen molar-refractivity contribution in [1.82, 2.24) is 5.32 Å². The summed E-state index contributed by atoms with van der Waals surface area (Å²) < 4.78 is 0. The van der Waals surface area contributed by atoms with Gasteiger partial charge in [0.2, 0.25) is 6.41 Å². The lowest BCUT2D eigenvalue weighted by Crippen LogP contribution is -2.20. The lowest BCUT2D eigenvalue weighted by molar-refractivity contribution is -0.115. The highest BCUT2D eigenvalue weighted by Crippen LogP contribution is 2.15. The fraction of sp³-hybridized carbons (Fsp3) is 0.857. The van der Waals surface area contributed by atoms with Crippen LogP contribution < -0.4 is 11.1 Å². The van der Waals surface area contributed by atoms with E-state index in [0.717, 1.165) is 0 Å². The number of Topliss-reactive ketones (excluding diaryl/α,β-unsaturated/α-hetero) is 1. The van der Waals surface area contributed by atoms with Crippen LogP contribution in [0.1, 0.15) is 66.2 Å². The Morgan fingerprint density at radius 2 is 1.33 bits per heavy atom. The molecule has 3 N–H and O–H groups in total. The van der Waals surface area contributed by atoms with E-state index in [0.29, 0.717) is 19.5 Å². The predicted octanol–water partition coefficient (Wildman–Crippen LogP) is 2.65. The van der Waals surface area contributed by atoms with Crippen molar-refractivity contribution in [2.75, 3.05) is 13.1 Å². The number of hydrogen-bond donors (Lipinski definition) is 2. The summed E-state index contributed by atoms with van der Waals surface area (Å²) in [5, 5.41) is 2.39. The molecule has 1 rings (SSSR count). The highest BCUT2D eigenvalue weighted by Gasteiger charge is 1.95. The second kappa shape index (κ2) is 25.1. The topological polar surface area (TPSA) is 72.2 Å². The molecule has 0 saturated heterocycles. The molecule has 0 aromatic heterocycles. The number of nitrogens with one attached hydrogen (secondary N) is 1. The van der Waals surface area contributed by atoms with E-state index in [1.54, 1.807) is 0 Å². The molecule has 1 fully saturated rings. The molecule has 0 bridgehead atoms. The van der Waals surface area contributed by atoms with Gasteiger partial charge in [-0.2, -0.15) is 0 Å². The van der Waals surface area contributed by atoms with E-state index in [1.165, 1.54) is 52.4 Å². The molecule has 18 heavy (non-hydrogen) atoms. The molecule has 0 aliphatic heterocycles. The average Bonchev–Trinajstić information content (AvgIpc) is 2.41. The maximum atomic E-state index is 9.44. The molecule has 0 unspecified atom stereocenters. The summed E-state index contributed by atoms with van der Waals surface area (Å²) in [6.07, 6.45) is 9.63. The van der Waals surface area contributed by atoms with Crippen molar-refractivity contribution < 1.29 is 9.59 Å². The van der Waals surface area contributed by atoms with Crippen LogP contribution in [-0.2, 0) is 9.59 Å². The van der Waals surface area contributed by atoms with E-state index in [9.17, 15) is 9.59 Å². The van der Waals surface area contributed by atoms with E-state index < -0.39 is 0 Å². The van der Waals surface area contributed by atoms with E-state index in [2.05, 4.69) is 5.32 Å². The molecule has 1 aliphatic carbocycles. The number of rotatable bonds is 3. The first kappa shape index (κ1) is 22.3. The first-order chi connectivity index (χ1) is 8.65. The Labute approximate surface area is 113 Å². The van der Waals surface area contributed by atoms with Crippen molar-refractivity contribution in [3.05, 3.63) is 0 Å². The Balaban J connectivity index is -0.000000179. The van der Waals surface area contributed by atoms with Gasteiger partial charge in [0.05, 0.1) is 0 Å². The zero-order valence-electron chi connectivity index (χ0n) is 12.6. The number of amides is 1. The van der Waals surface area contributed by atoms with Crippen molar-refractivity contribution in [1.29, 1.82) is 0 Å². The second-order valence-electron chi connectivity index (χ2n) is 3.89. The molecule has 0 radical (unpaired) electrons. The van der Waals surface area contributed by atoms with Crippen molar-refractivity contribution in [2.45, 2.75) is 66.2 Å². The molecule has 1 saturated carbocycles. The van der Waals surface area contributed by atoms with Gasteiger partial charge in [-0.05, 0) is 13.8 Å². The third-order valence-electron chi connectivity index (χ3n) is 1.87. The molecule has 1 aliphatic rings. The SMILES string of the molecule is C1CCCCC1.CC.CC(C)=O.NCCNC=O. The van der Waals surface area contributed by atoms with Gasteiger partial charge in [0.25, 0.3) is 0 Å². The average molecular weight is 260 g/mol. The normalized spacial score (nSPS) is 12.3. The summed E-state index contributed by atoms with van der Waals surface area (Å²) in [6.45, 7) is 8.14. The molecule has 110 valence electrons. The van der Waals surface area contributed by atoms with Crippen LogP contribution in [0.5, 0.6) is 0 Å². The van der Waals surface area contributed by atoms with E-state index in [1.807, 2.05) is 13.8 Å². The number of carbonyl (C=O) groups is 2. The minimum absolute atomic E-state index is 0.167. The lowest BCUT2D eigenvalue weighted by Gasteiger charge is -2.05. The van der Waals surface area contributed by atoms with E-state index >= 15 is 0 Å². The van der Waals surface area contributed by atoms with Gasteiger partial charge in [-0.3, -0.25) is 4.79 Å². The summed E-state index contributed by atoms with van der Waals surface area (Å²) in [7, 11) is 0. The van der Waals surface area contributed by atoms with Crippen LogP contribution in [0.4, 0.5) is 0 Å². The first-order valence-electron chi connectivity index (χ1n) is 6.99. The van der Waals surface area contributed by atoms with E-state index in [4.69, 9.17) is 5.73 Å². The Morgan fingerprint density at radius 1 is 1.06 bits per heavy atom. The van der Waals surface area contributed by atoms with Gasteiger partial charge in [0.15, 0.2) is 0 Å². The van der Waals surface area contributed by atoms with Crippen molar-refractivity contribution >= 4 is 12.2 Å². The standard InChI is InChI=1S/C6H12.C3H8N2O.C3H6O.C2H6/c1-2-4-6-5-3-1;4-1-2-5-3-6;1-3(2)4;1-2/h1-6H2;3H,1-2,4H2,(H,5,6);1-2H3;1-2H3. The Morgan fingerprint density at radius 3 is 1.44 bits per heavy atom. The summed E-state index contributed by atoms with van der Waals surface area (Å²) in [6, 6.07) is 0. The third kappa shape index (κ3) is 45.8. The maximum absolute atomic E-state index is 9.44. The minimum Gasteiger partial charge on any atom is -0.357 e. The van der Waals surface area contributed by atoms with Gasteiger partial charge < -0.3 is 15.8 Å². The largest absolute Gasteiger partial charge is 0.357 e. The smallest absolute Gasteiger partial charge is 0.207 e. The number of ketones is 1. The molecule has 4 nitrogen and oxygen atoms in total. The molecular formula is C14H32N2O2. The van der Waals surface area contributed by atoms with Crippen LogP contribution in [0, 0.1) is 0 Å². The zero-order valence-corrected chi connectivity index (χ0v) is 12.6. The molecule has 0 aromatic rings. The minimum atomic E-state index is 0.167. The lowest BCUT2D eigenvalue weighted by atomic mass is 10.0. The van der Waals surface area contributed by atoms with Crippen LogP contribution in [0.2, 0.25) is 0 Å². The molecule has 0 spiro atoms. The monoisotopic (exact) mass is 260 g/mol. The molecule has 0 aromatic carbocycles. The van der Waals surface area contributed by atoms with Gasteiger partial charge in [0, 0.05) is 13.1 Å². The summed E-state index contributed by atoms with van der Waals surface area (Å²) in [5.41, 5.74) is 4.99. The highest BCUT2D eigenvalue weighted by atomic mass is 16.1. The van der Waals surface area contributed by atoms with E-state index in [-0.39, 0.29) is 5.78 Å². The van der Waals surface area contributed by atoms with Gasteiger partial charge in [-0.1, -0.05) is 52.4 Å². The van der Waals surface area contributed by atoms with Crippen molar-refractivity contribution in [2.24, 2.45) is 5.73 Å². The van der Waals surface area contributed by atoms with Crippen LogP contribution in [0.25, 0.3) is 0 Å². The van der Waals surface area contributed by atoms with Crippen molar-refractivity contribution in [3.63, 3.8) is 0 Å². The zero-order chi connectivity index (χ0) is 14.6. The fourth-order valence-electron chi connectivity index (χ4n) is 1.20. The van der Waals surface area contributed by atoms with Crippen LogP contribution in [-0.4, -0.2) is 25.3 Å². The highest BCUT2D eigenvalue weighted by molar-refractivity contribution is 5.72. The molecular weight excluding hydrogens is 228 g/mol. The van der Waals surface area contributed by atoms with Crippen LogP contribution >= 0.6 is 0 Å². The van der Waals surface area contributed by atoms with Gasteiger partial charge in [-0.25, -0.2) is 0 Å². The Kier molecular flexibility index (Phi) is 31.1. The number of carbonyl (C=O) groups excluding carboxylic acids is 2. The first-order valence-corrected chi connectivity index (χ1v) is 6.99. The molecule has 0 heterocycles. The third-order valence-corrected chi connectivity index (χ3v) is 1.87. The summed E-state index contributed by atoms with van der Waals surface area (Å²) in [4.78, 5) is 18.8. The van der Waals surface area contributed by atoms with Crippen LogP contribution in [0.3, 0.4) is 0 Å². The maximum Gasteiger partial charge on any atom is 0.207 e. The Hall–Kier alpha value is -0.900. The molecule has 0 atom stereocenters. The number of hydrogen-bond acceptors (Lipinski definition) is 3. The number of nitrogens with two attached hydrogens (primary N) is 1. The molecule has 1 amide bonds. The Bertz CT molecular complexity index is 142. The summed E-state index contributed by atoms with van der Waals surface area (Å²) in [5.74, 6) is 0.167. The summed E-state index contributed by atoms with van der Waals surface area (Å²) >= 11 is 0. The predicted molar refractivity (Wildman–Crippen MR) is 78.5 cm³/mol. The van der Waals surface area contributed by atoms with Gasteiger partial charge in [-0.15, -0.1) is 0 Å².